The van der Waals surface area contributed by atoms with Crippen molar-refractivity contribution in [2.24, 2.45) is 0 Å². The Morgan fingerprint density at radius 1 is 0.463 bits per heavy atom. The lowest BCUT2D eigenvalue weighted by Crippen LogP contribution is -1.94. The van der Waals surface area contributed by atoms with Crippen molar-refractivity contribution in [1.82, 2.24) is 4.57 Å². The van der Waals surface area contributed by atoms with Crippen LogP contribution in [0.5, 0.6) is 0 Å². The number of para-hydroxylation sites is 3. The summed E-state index contributed by atoms with van der Waals surface area (Å²) >= 11 is 0. The first-order valence-corrected chi connectivity index (χ1v) is 13.9. The second-order valence-electron chi connectivity index (χ2n) is 10.7. The third kappa shape index (κ3) is 3.39. The second-order valence-corrected chi connectivity index (χ2v) is 10.7. The predicted octanol–water partition coefficient (Wildman–Crippen LogP) is 10.6. The molecule has 0 amide bonds. The molecule has 1 aliphatic heterocycles. The minimum absolute atomic E-state index is 0.908. The number of anilines is 2. The van der Waals surface area contributed by atoms with E-state index >= 15 is 0 Å². The van der Waals surface area contributed by atoms with E-state index in [9.17, 15) is 0 Å². The molecule has 2 aromatic heterocycles. The van der Waals surface area contributed by atoms with Gasteiger partial charge in [0.05, 0.1) is 11.0 Å². The molecule has 3 heteroatoms. The standard InChI is InChI=1S/C38H24N2O/c1-2-8-28(9-3-1)40-35-12-6-4-10-29(35)31-21-25(17-19-36(31)40)24-16-18-33-26(20-24)14-15-27-22-38-32(23-34(27)39-33)30-11-5-7-13-37(30)41-38/h1-23,39H. The van der Waals surface area contributed by atoms with Gasteiger partial charge in [-0.15, -0.1) is 0 Å². The van der Waals surface area contributed by atoms with E-state index in [1.54, 1.807) is 0 Å². The van der Waals surface area contributed by atoms with E-state index in [-0.39, 0.29) is 0 Å². The van der Waals surface area contributed by atoms with Crippen LogP contribution in [0.2, 0.25) is 0 Å². The van der Waals surface area contributed by atoms with E-state index in [1.165, 1.54) is 38.6 Å². The van der Waals surface area contributed by atoms with Crippen LogP contribution in [-0.4, -0.2) is 4.57 Å². The van der Waals surface area contributed by atoms with E-state index in [2.05, 4.69) is 137 Å². The number of aromatic nitrogens is 1. The largest absolute Gasteiger partial charge is 0.456 e. The van der Waals surface area contributed by atoms with Crippen LogP contribution in [0.25, 0.3) is 72.7 Å². The molecule has 1 aliphatic rings. The molecule has 0 unspecified atom stereocenters. The Kier molecular flexibility index (Phi) is 4.61. The fourth-order valence-corrected chi connectivity index (χ4v) is 6.36. The Morgan fingerprint density at radius 3 is 2.07 bits per heavy atom. The molecular weight excluding hydrogens is 500 g/mol. The first-order chi connectivity index (χ1) is 20.3. The Balaban J connectivity index is 1.15. The average molecular weight is 525 g/mol. The summed E-state index contributed by atoms with van der Waals surface area (Å²) in [5.74, 6) is 0. The topological polar surface area (TPSA) is 30.1 Å². The molecule has 0 atom stereocenters. The summed E-state index contributed by atoms with van der Waals surface area (Å²) in [5.41, 5.74) is 12.3. The van der Waals surface area contributed by atoms with Gasteiger partial charge in [-0.3, -0.25) is 0 Å². The first kappa shape index (κ1) is 22.3. The molecule has 0 saturated carbocycles. The smallest absolute Gasteiger partial charge is 0.136 e. The zero-order valence-corrected chi connectivity index (χ0v) is 22.1. The molecule has 8 aromatic rings. The van der Waals surface area contributed by atoms with Gasteiger partial charge in [0, 0.05) is 44.2 Å². The van der Waals surface area contributed by atoms with Crippen molar-refractivity contribution in [3.05, 3.63) is 139 Å². The predicted molar refractivity (Wildman–Crippen MR) is 172 cm³/mol. The van der Waals surface area contributed by atoms with Crippen molar-refractivity contribution in [3.8, 4) is 16.8 Å². The van der Waals surface area contributed by atoms with Gasteiger partial charge < -0.3 is 14.3 Å². The summed E-state index contributed by atoms with van der Waals surface area (Å²) in [6.45, 7) is 0. The van der Waals surface area contributed by atoms with Crippen molar-refractivity contribution < 1.29 is 4.42 Å². The average Bonchev–Trinajstić information content (AvgIpc) is 3.49. The molecule has 192 valence electrons. The first-order valence-electron chi connectivity index (χ1n) is 13.9. The molecule has 1 N–H and O–H groups in total. The van der Waals surface area contributed by atoms with E-state index in [0.717, 1.165) is 44.4 Å². The third-order valence-electron chi connectivity index (χ3n) is 8.33. The monoisotopic (exact) mass is 524 g/mol. The quantitative estimate of drug-likeness (QED) is 0.244. The van der Waals surface area contributed by atoms with Gasteiger partial charge in [-0.1, -0.05) is 78.9 Å². The van der Waals surface area contributed by atoms with E-state index in [1.807, 2.05) is 12.1 Å². The van der Waals surface area contributed by atoms with Gasteiger partial charge in [0.25, 0.3) is 0 Å². The highest BCUT2D eigenvalue weighted by atomic mass is 16.3. The molecule has 6 aromatic carbocycles. The fourth-order valence-electron chi connectivity index (χ4n) is 6.36. The van der Waals surface area contributed by atoms with Crippen LogP contribution >= 0.6 is 0 Å². The molecule has 0 spiro atoms. The molecular formula is C38H24N2O. The number of rotatable bonds is 2. The number of benzene rings is 6. The Bertz CT molecular complexity index is 2340. The summed E-state index contributed by atoms with van der Waals surface area (Å²) in [6, 6.07) is 45.4. The molecule has 0 bridgehead atoms. The SMILES string of the molecule is C1=Cc2cc3oc4ccccc4c3cc2Nc2ccc(-c3ccc4c(c3)c3ccccc3n4-c3ccccc3)cc21. The van der Waals surface area contributed by atoms with Gasteiger partial charge in [0.2, 0.25) is 0 Å². The minimum atomic E-state index is 0.908. The van der Waals surface area contributed by atoms with Crippen molar-refractivity contribution >= 4 is 67.3 Å². The van der Waals surface area contributed by atoms with E-state index in [4.69, 9.17) is 4.42 Å². The lowest BCUT2D eigenvalue weighted by molar-refractivity contribution is 0.669. The van der Waals surface area contributed by atoms with Crippen LogP contribution < -0.4 is 5.32 Å². The molecule has 9 rings (SSSR count). The highest BCUT2D eigenvalue weighted by molar-refractivity contribution is 6.11. The lowest BCUT2D eigenvalue weighted by atomic mass is 9.99. The third-order valence-corrected chi connectivity index (χ3v) is 8.33. The Morgan fingerprint density at radius 2 is 1.17 bits per heavy atom. The molecule has 0 saturated heterocycles. The van der Waals surface area contributed by atoms with Crippen LogP contribution in [0.4, 0.5) is 11.4 Å². The van der Waals surface area contributed by atoms with E-state index in [0.29, 0.717) is 0 Å². The maximum Gasteiger partial charge on any atom is 0.136 e. The second kappa shape index (κ2) is 8.48. The summed E-state index contributed by atoms with van der Waals surface area (Å²) < 4.78 is 8.50. The zero-order valence-electron chi connectivity index (χ0n) is 22.1. The van der Waals surface area contributed by atoms with Crippen molar-refractivity contribution in [2.75, 3.05) is 5.32 Å². The molecule has 3 heterocycles. The number of nitrogens with one attached hydrogen (secondary N) is 1. The van der Waals surface area contributed by atoms with Crippen molar-refractivity contribution in [2.45, 2.75) is 0 Å². The van der Waals surface area contributed by atoms with Crippen LogP contribution in [0.1, 0.15) is 11.1 Å². The van der Waals surface area contributed by atoms with Gasteiger partial charge in [-0.2, -0.15) is 0 Å². The fraction of sp³-hybridized carbons (Fsp3) is 0. The molecule has 0 aliphatic carbocycles. The maximum atomic E-state index is 6.15. The maximum absolute atomic E-state index is 6.15. The normalized spacial score (nSPS) is 12.5. The highest BCUT2D eigenvalue weighted by Crippen LogP contribution is 2.39. The van der Waals surface area contributed by atoms with Gasteiger partial charge in [0.15, 0.2) is 0 Å². The summed E-state index contributed by atoms with van der Waals surface area (Å²) in [6.07, 6.45) is 4.38. The van der Waals surface area contributed by atoms with Crippen molar-refractivity contribution in [3.63, 3.8) is 0 Å². The number of hydrogen-bond donors (Lipinski definition) is 1. The minimum Gasteiger partial charge on any atom is -0.456 e. The Hall–Kier alpha value is -5.54. The molecule has 0 radical (unpaired) electrons. The zero-order chi connectivity index (χ0) is 26.9. The Labute approximate surface area is 236 Å². The van der Waals surface area contributed by atoms with Crippen LogP contribution in [0.15, 0.2) is 132 Å². The van der Waals surface area contributed by atoms with Crippen LogP contribution in [-0.2, 0) is 0 Å². The van der Waals surface area contributed by atoms with Gasteiger partial charge in [-0.05, 0) is 77.4 Å². The number of furan rings is 1. The molecule has 41 heavy (non-hydrogen) atoms. The summed E-state index contributed by atoms with van der Waals surface area (Å²) in [7, 11) is 0. The molecule has 0 fully saturated rings. The van der Waals surface area contributed by atoms with Gasteiger partial charge >= 0.3 is 0 Å². The number of nitrogens with zero attached hydrogens (tertiary/aromatic N) is 1. The lowest BCUT2D eigenvalue weighted by Gasteiger charge is -2.12. The number of hydrogen-bond acceptors (Lipinski definition) is 2. The van der Waals surface area contributed by atoms with Crippen molar-refractivity contribution in [1.29, 1.82) is 0 Å². The molecule has 3 nitrogen and oxygen atoms in total. The van der Waals surface area contributed by atoms with Crippen LogP contribution in [0, 0.1) is 0 Å². The summed E-state index contributed by atoms with van der Waals surface area (Å²) in [4.78, 5) is 0. The highest BCUT2D eigenvalue weighted by Gasteiger charge is 2.16. The summed E-state index contributed by atoms with van der Waals surface area (Å²) in [5, 5.41) is 8.48. The van der Waals surface area contributed by atoms with Crippen LogP contribution in [0.3, 0.4) is 0 Å². The van der Waals surface area contributed by atoms with E-state index < -0.39 is 0 Å². The van der Waals surface area contributed by atoms with Gasteiger partial charge in [-0.25, -0.2) is 0 Å². The van der Waals surface area contributed by atoms with Gasteiger partial charge in [0.1, 0.15) is 11.2 Å². The number of fused-ring (bicyclic) bond motifs is 8.